The fraction of sp³-hybridized carbons (Fsp3) is 0.667. The maximum absolute atomic E-state index is 12.7. The summed E-state index contributed by atoms with van der Waals surface area (Å²) in [7, 11) is 0. The van der Waals surface area contributed by atoms with Gasteiger partial charge in [-0.1, -0.05) is 18.7 Å². The number of fused-ring (bicyclic) bond motifs is 1. The Kier molecular flexibility index (Phi) is 9.31. The second-order valence-corrected chi connectivity index (χ2v) is 10.3. The summed E-state index contributed by atoms with van der Waals surface area (Å²) < 4.78 is 23.1. The zero-order valence-corrected chi connectivity index (χ0v) is 22.5. The largest absolute Gasteiger partial charge is 0.458 e. The summed E-state index contributed by atoms with van der Waals surface area (Å²) in [5, 5.41) is 20.9. The Morgan fingerprint density at radius 1 is 1.11 bits per heavy atom. The number of hydrogen-bond donors (Lipinski definition) is 2. The number of hydrogen-bond acceptors (Lipinski definition) is 9. The highest BCUT2D eigenvalue weighted by Gasteiger charge is 2.68. The van der Waals surface area contributed by atoms with E-state index in [2.05, 4.69) is 6.58 Å². The summed E-state index contributed by atoms with van der Waals surface area (Å²) >= 11 is 0. The lowest BCUT2D eigenvalue weighted by atomic mass is 9.73. The van der Waals surface area contributed by atoms with Gasteiger partial charge in [0.1, 0.15) is 17.8 Å². The van der Waals surface area contributed by atoms with E-state index in [9.17, 15) is 24.6 Å². The molecule has 1 heterocycles. The van der Waals surface area contributed by atoms with Crippen molar-refractivity contribution >= 4 is 17.9 Å². The third-order valence-electron chi connectivity index (χ3n) is 7.14. The van der Waals surface area contributed by atoms with Crippen molar-refractivity contribution in [3.63, 3.8) is 0 Å². The van der Waals surface area contributed by atoms with Crippen molar-refractivity contribution in [1.82, 2.24) is 0 Å². The first-order valence-corrected chi connectivity index (χ1v) is 12.2. The minimum Gasteiger partial charge on any atom is -0.458 e. The van der Waals surface area contributed by atoms with Gasteiger partial charge < -0.3 is 29.2 Å². The quantitative estimate of drug-likeness (QED) is 0.150. The number of aliphatic hydroxyl groups excluding tert-OH is 1. The van der Waals surface area contributed by atoms with Gasteiger partial charge in [-0.3, -0.25) is 4.79 Å². The maximum atomic E-state index is 12.7. The Balaban J connectivity index is 2.45. The van der Waals surface area contributed by atoms with E-state index in [1.54, 1.807) is 46.8 Å². The Labute approximate surface area is 213 Å². The van der Waals surface area contributed by atoms with E-state index in [4.69, 9.17) is 18.9 Å². The molecule has 2 N–H and O–H groups in total. The molecule has 2 fully saturated rings. The standard InChI is InChI=1S/C27H40O9/c1-10-14(3)24(30)34-19(13-20(29)26(7,8)32)16(5)18-12-21-27(9,36-21)23(22(18)33-17(6)28)35-25(31)15(4)11-2/h10-11,18-23,29,32H,5,12-13H2,1-4,6-9H3/b14-10-,15-11-/t18-,19?,20?,21-,22+,23?,27-/m1/s1. The molecule has 0 amide bonds. The van der Waals surface area contributed by atoms with Crippen LogP contribution >= 0.6 is 0 Å². The van der Waals surface area contributed by atoms with Gasteiger partial charge in [-0.2, -0.15) is 0 Å². The van der Waals surface area contributed by atoms with Gasteiger partial charge in [0.15, 0.2) is 6.10 Å². The van der Waals surface area contributed by atoms with Crippen molar-refractivity contribution in [2.24, 2.45) is 5.92 Å². The number of carbonyl (C=O) groups is 3. The van der Waals surface area contributed by atoms with E-state index >= 15 is 0 Å². The monoisotopic (exact) mass is 508 g/mol. The highest BCUT2D eigenvalue weighted by atomic mass is 16.7. The number of esters is 3. The summed E-state index contributed by atoms with van der Waals surface area (Å²) in [6, 6.07) is 0. The van der Waals surface area contributed by atoms with E-state index in [-0.39, 0.29) is 12.5 Å². The lowest BCUT2D eigenvalue weighted by Crippen LogP contribution is -2.54. The summed E-state index contributed by atoms with van der Waals surface area (Å²) in [6.45, 7) is 16.7. The molecule has 0 spiro atoms. The van der Waals surface area contributed by atoms with Crippen LogP contribution < -0.4 is 0 Å². The molecule has 0 aromatic heterocycles. The summed E-state index contributed by atoms with van der Waals surface area (Å²) in [6.07, 6.45) is -1.02. The topological polar surface area (TPSA) is 132 Å². The highest BCUT2D eigenvalue weighted by molar-refractivity contribution is 5.88. The molecule has 0 aromatic rings. The third-order valence-corrected chi connectivity index (χ3v) is 7.14. The molecule has 3 unspecified atom stereocenters. The first-order valence-electron chi connectivity index (χ1n) is 12.2. The second-order valence-electron chi connectivity index (χ2n) is 10.3. The molecule has 0 aromatic carbocycles. The number of rotatable bonds is 10. The van der Waals surface area contributed by atoms with E-state index in [1.165, 1.54) is 20.8 Å². The zero-order valence-electron chi connectivity index (χ0n) is 22.5. The number of aliphatic hydroxyl groups is 2. The summed E-state index contributed by atoms with van der Waals surface area (Å²) in [5.74, 6) is -2.37. The molecule has 1 saturated heterocycles. The molecular formula is C27H40O9. The minimum absolute atomic E-state index is 0.140. The van der Waals surface area contributed by atoms with Crippen LogP contribution in [-0.2, 0) is 33.3 Å². The van der Waals surface area contributed by atoms with Gasteiger partial charge in [0.05, 0.1) is 17.8 Å². The Morgan fingerprint density at radius 2 is 1.67 bits per heavy atom. The molecule has 1 saturated carbocycles. The zero-order chi connectivity index (χ0) is 27.6. The van der Waals surface area contributed by atoms with Crippen LogP contribution in [0.25, 0.3) is 0 Å². The summed E-state index contributed by atoms with van der Waals surface area (Å²) in [5.41, 5.74) is -1.20. The van der Waals surface area contributed by atoms with Crippen LogP contribution in [0.3, 0.4) is 0 Å². The SMILES string of the molecule is C=C(C(CC(O)C(C)(C)O)OC(=O)/C(C)=C\C)[C@H]1C[C@H]2O[C@@]2(C)C(OC(=O)/C(C)=C\C)[C@H]1OC(C)=O. The molecule has 7 atom stereocenters. The van der Waals surface area contributed by atoms with Gasteiger partial charge in [-0.15, -0.1) is 0 Å². The number of ether oxygens (including phenoxy) is 4. The molecular weight excluding hydrogens is 468 g/mol. The molecule has 1 aliphatic heterocycles. The molecule has 0 radical (unpaired) electrons. The summed E-state index contributed by atoms with van der Waals surface area (Å²) in [4.78, 5) is 37.4. The lowest BCUT2D eigenvalue weighted by Gasteiger charge is -2.40. The van der Waals surface area contributed by atoms with Gasteiger partial charge in [0, 0.05) is 30.4 Å². The highest BCUT2D eigenvalue weighted by Crippen LogP contribution is 2.53. The number of allylic oxidation sites excluding steroid dienone is 2. The molecule has 0 bridgehead atoms. The fourth-order valence-electron chi connectivity index (χ4n) is 4.26. The first kappa shape index (κ1) is 29.7. The van der Waals surface area contributed by atoms with Gasteiger partial charge >= 0.3 is 17.9 Å². The molecule has 1 aliphatic carbocycles. The molecule has 202 valence electrons. The average molecular weight is 509 g/mol. The van der Waals surface area contributed by atoms with Gasteiger partial charge in [-0.25, -0.2) is 9.59 Å². The predicted octanol–water partition coefficient (Wildman–Crippen LogP) is 2.93. The van der Waals surface area contributed by atoms with Crippen molar-refractivity contribution in [1.29, 1.82) is 0 Å². The van der Waals surface area contributed by atoms with Crippen LogP contribution in [0.15, 0.2) is 35.5 Å². The Bertz CT molecular complexity index is 941. The van der Waals surface area contributed by atoms with Gasteiger partial charge in [0.2, 0.25) is 0 Å². The van der Waals surface area contributed by atoms with Gasteiger partial charge in [0.25, 0.3) is 0 Å². The van der Waals surface area contributed by atoms with Crippen molar-refractivity contribution in [3.8, 4) is 0 Å². The van der Waals surface area contributed by atoms with Crippen molar-refractivity contribution in [2.45, 2.75) is 110 Å². The van der Waals surface area contributed by atoms with E-state index in [0.717, 1.165) is 0 Å². The molecule has 9 heteroatoms. The van der Waals surface area contributed by atoms with E-state index < -0.39 is 59.4 Å². The van der Waals surface area contributed by atoms with Crippen LogP contribution in [0.1, 0.15) is 68.2 Å². The van der Waals surface area contributed by atoms with Crippen molar-refractivity contribution in [3.05, 3.63) is 35.5 Å². The van der Waals surface area contributed by atoms with E-state index in [0.29, 0.717) is 23.1 Å². The molecule has 36 heavy (non-hydrogen) atoms. The minimum atomic E-state index is -1.47. The van der Waals surface area contributed by atoms with Crippen molar-refractivity contribution in [2.75, 3.05) is 0 Å². The maximum Gasteiger partial charge on any atom is 0.333 e. The first-order chi connectivity index (χ1) is 16.6. The average Bonchev–Trinajstić information content (AvgIpc) is 3.47. The number of carbonyl (C=O) groups excluding carboxylic acids is 3. The third kappa shape index (κ3) is 6.63. The molecule has 2 rings (SSSR count). The Hall–Kier alpha value is -2.49. The van der Waals surface area contributed by atoms with Crippen LogP contribution in [0.2, 0.25) is 0 Å². The van der Waals surface area contributed by atoms with E-state index in [1.807, 2.05) is 0 Å². The smallest absolute Gasteiger partial charge is 0.333 e. The van der Waals surface area contributed by atoms with Crippen LogP contribution in [0, 0.1) is 5.92 Å². The Morgan fingerprint density at radius 3 is 2.17 bits per heavy atom. The van der Waals surface area contributed by atoms with Crippen LogP contribution in [0.5, 0.6) is 0 Å². The molecule has 9 nitrogen and oxygen atoms in total. The van der Waals surface area contributed by atoms with Crippen LogP contribution in [-0.4, -0.2) is 69.8 Å². The van der Waals surface area contributed by atoms with Gasteiger partial charge in [-0.05, 0) is 60.5 Å². The fourth-order valence-corrected chi connectivity index (χ4v) is 4.26. The normalized spacial score (nSPS) is 29.9. The molecule has 2 aliphatic rings. The lowest BCUT2D eigenvalue weighted by molar-refractivity contribution is -0.176. The van der Waals surface area contributed by atoms with Crippen molar-refractivity contribution < 1.29 is 43.5 Å². The number of epoxide rings is 1. The predicted molar refractivity (Wildman–Crippen MR) is 132 cm³/mol. The van der Waals surface area contributed by atoms with Crippen LogP contribution in [0.4, 0.5) is 0 Å². The second kappa shape index (κ2) is 11.3.